The molecule has 4 rings (SSSR count). The van der Waals surface area contributed by atoms with Crippen LogP contribution in [0.15, 0.2) is 89.7 Å². The van der Waals surface area contributed by atoms with E-state index in [2.05, 4.69) is 23.5 Å². The molecule has 6 heteroatoms. The van der Waals surface area contributed by atoms with Crippen molar-refractivity contribution in [3.8, 4) is 16.9 Å². The fourth-order valence-corrected chi connectivity index (χ4v) is 3.61. The smallest absolute Gasteiger partial charge is 0.311 e. The lowest BCUT2D eigenvalue weighted by atomic mass is 9.97. The number of nitrogens with zero attached hydrogens (tertiary/aromatic N) is 1. The average Bonchev–Trinajstić information content (AvgIpc) is 3.33. The van der Waals surface area contributed by atoms with Crippen molar-refractivity contribution in [1.82, 2.24) is 5.32 Å². The summed E-state index contributed by atoms with van der Waals surface area (Å²) in [5.74, 6) is 0.262. The molecule has 4 aromatic rings. The molecule has 0 amide bonds. The Morgan fingerprint density at radius 2 is 1.78 bits per heavy atom. The first-order chi connectivity index (χ1) is 15.6. The van der Waals surface area contributed by atoms with Gasteiger partial charge in [-0.15, -0.1) is 0 Å². The van der Waals surface area contributed by atoms with Crippen molar-refractivity contribution >= 4 is 5.69 Å². The molecule has 0 aliphatic rings. The lowest BCUT2D eigenvalue weighted by Gasteiger charge is -2.13. The van der Waals surface area contributed by atoms with E-state index in [0.29, 0.717) is 13.1 Å². The third-order valence-electron chi connectivity index (χ3n) is 5.37. The number of nitrogens with one attached hydrogen (secondary N) is 1. The van der Waals surface area contributed by atoms with Crippen molar-refractivity contribution in [3.05, 3.63) is 118 Å². The summed E-state index contributed by atoms with van der Waals surface area (Å²) in [4.78, 5) is 11.2. The Hall–Kier alpha value is -3.90. The number of benzene rings is 3. The highest BCUT2D eigenvalue weighted by atomic mass is 16.6. The van der Waals surface area contributed by atoms with E-state index in [1.807, 2.05) is 49.4 Å². The van der Waals surface area contributed by atoms with Gasteiger partial charge in [-0.2, -0.15) is 0 Å². The molecule has 0 radical (unpaired) electrons. The maximum Gasteiger partial charge on any atom is 0.311 e. The summed E-state index contributed by atoms with van der Waals surface area (Å²) < 4.78 is 10.9. The number of rotatable bonds is 9. The quantitative estimate of drug-likeness (QED) is 0.260. The second-order valence-electron chi connectivity index (χ2n) is 7.54. The third-order valence-corrected chi connectivity index (χ3v) is 5.37. The Morgan fingerprint density at radius 3 is 2.53 bits per heavy atom. The highest BCUT2D eigenvalue weighted by Crippen LogP contribution is 2.30. The van der Waals surface area contributed by atoms with Crippen LogP contribution in [0.4, 0.5) is 5.69 Å². The van der Waals surface area contributed by atoms with Crippen LogP contribution in [0.1, 0.15) is 22.3 Å². The molecule has 1 N–H and O–H groups in total. The van der Waals surface area contributed by atoms with Crippen molar-refractivity contribution in [2.45, 2.75) is 26.6 Å². The molecule has 32 heavy (non-hydrogen) atoms. The molecular weight excluding hydrogens is 404 g/mol. The largest absolute Gasteiger partial charge is 0.482 e. The Morgan fingerprint density at radius 1 is 0.969 bits per heavy atom. The monoisotopic (exact) mass is 428 g/mol. The van der Waals surface area contributed by atoms with Crippen LogP contribution in [0.3, 0.4) is 0 Å². The van der Waals surface area contributed by atoms with Gasteiger partial charge in [0.2, 0.25) is 0 Å². The number of furan rings is 1. The topological polar surface area (TPSA) is 77.5 Å². The van der Waals surface area contributed by atoms with Crippen molar-refractivity contribution in [2.75, 3.05) is 0 Å². The highest BCUT2D eigenvalue weighted by molar-refractivity contribution is 5.68. The molecule has 0 spiro atoms. The van der Waals surface area contributed by atoms with Gasteiger partial charge in [-0.05, 0) is 46.9 Å². The summed E-state index contributed by atoms with van der Waals surface area (Å²) in [6.45, 7) is 3.43. The average molecular weight is 428 g/mol. The van der Waals surface area contributed by atoms with Gasteiger partial charge in [-0.3, -0.25) is 10.1 Å². The van der Waals surface area contributed by atoms with Gasteiger partial charge < -0.3 is 14.5 Å². The second kappa shape index (κ2) is 9.94. The summed E-state index contributed by atoms with van der Waals surface area (Å²) in [6.07, 6.45) is 3.28. The Kier molecular flexibility index (Phi) is 6.63. The normalized spacial score (nSPS) is 10.8. The number of nitro groups is 1. The molecular formula is C26H24N2O4. The summed E-state index contributed by atoms with van der Waals surface area (Å²) in [6, 6.07) is 23.1. The molecule has 0 atom stereocenters. The molecule has 1 heterocycles. The zero-order chi connectivity index (χ0) is 22.3. The van der Waals surface area contributed by atoms with Crippen LogP contribution in [-0.2, 0) is 19.7 Å². The summed E-state index contributed by atoms with van der Waals surface area (Å²) in [5, 5.41) is 14.9. The van der Waals surface area contributed by atoms with Crippen LogP contribution in [0.25, 0.3) is 11.1 Å². The molecule has 0 saturated carbocycles. The zero-order valence-corrected chi connectivity index (χ0v) is 17.8. The van der Waals surface area contributed by atoms with Crippen molar-refractivity contribution < 1.29 is 14.1 Å². The minimum atomic E-state index is -0.401. The number of hydrogen-bond donors (Lipinski definition) is 1. The molecule has 0 aliphatic heterocycles. The van der Waals surface area contributed by atoms with Gasteiger partial charge in [-0.25, -0.2) is 0 Å². The predicted molar refractivity (Wildman–Crippen MR) is 123 cm³/mol. The molecule has 3 aromatic carbocycles. The minimum Gasteiger partial charge on any atom is -0.482 e. The maximum absolute atomic E-state index is 11.6. The van der Waals surface area contributed by atoms with Crippen LogP contribution < -0.4 is 10.1 Å². The van der Waals surface area contributed by atoms with Gasteiger partial charge in [0.1, 0.15) is 6.61 Å². The maximum atomic E-state index is 11.6. The van der Waals surface area contributed by atoms with Crippen LogP contribution in [0, 0.1) is 17.0 Å². The zero-order valence-electron chi connectivity index (χ0n) is 17.8. The van der Waals surface area contributed by atoms with Crippen molar-refractivity contribution in [2.24, 2.45) is 0 Å². The first-order valence-electron chi connectivity index (χ1n) is 10.4. The Bertz CT molecular complexity index is 1190. The van der Waals surface area contributed by atoms with E-state index in [4.69, 9.17) is 9.15 Å². The molecule has 162 valence electrons. The first kappa shape index (κ1) is 21.3. The van der Waals surface area contributed by atoms with E-state index in [1.165, 1.54) is 0 Å². The standard InChI is InChI=1S/C26H24N2O4/c1-19-23(8-5-9-24(19)22-6-3-2-4-7-22)18-32-26-11-10-20(14-25(26)28(29)30)15-27-16-21-12-13-31-17-21/h2-14,17,27H,15-16,18H2,1H3. The van der Waals surface area contributed by atoms with Gasteiger partial charge in [0, 0.05) is 24.7 Å². The molecule has 0 saturated heterocycles. The summed E-state index contributed by atoms with van der Waals surface area (Å²) >= 11 is 0. The SMILES string of the molecule is Cc1c(COc2ccc(CNCc3ccoc3)cc2[N+](=O)[O-])cccc1-c1ccccc1. The number of nitro benzene ring substituents is 1. The molecule has 1 aromatic heterocycles. The fraction of sp³-hybridized carbons (Fsp3) is 0.154. The first-order valence-corrected chi connectivity index (χ1v) is 10.4. The molecule has 0 fully saturated rings. The Labute approximate surface area is 186 Å². The predicted octanol–water partition coefficient (Wildman–Crippen LogP) is 6.03. The Balaban J connectivity index is 1.46. The van der Waals surface area contributed by atoms with Gasteiger partial charge >= 0.3 is 5.69 Å². The third kappa shape index (κ3) is 5.04. The molecule has 0 bridgehead atoms. The van der Waals surface area contributed by atoms with E-state index < -0.39 is 4.92 Å². The molecule has 0 aliphatic carbocycles. The highest BCUT2D eigenvalue weighted by Gasteiger charge is 2.17. The lowest BCUT2D eigenvalue weighted by Crippen LogP contribution is -2.12. The van der Waals surface area contributed by atoms with Crippen LogP contribution in [0.5, 0.6) is 5.75 Å². The van der Waals surface area contributed by atoms with Crippen molar-refractivity contribution in [3.63, 3.8) is 0 Å². The minimum absolute atomic E-state index is 0.0375. The summed E-state index contributed by atoms with van der Waals surface area (Å²) in [7, 11) is 0. The van der Waals surface area contributed by atoms with E-state index in [9.17, 15) is 10.1 Å². The van der Waals surface area contributed by atoms with Crippen LogP contribution in [-0.4, -0.2) is 4.92 Å². The van der Waals surface area contributed by atoms with E-state index in [-0.39, 0.29) is 18.0 Å². The van der Waals surface area contributed by atoms with E-state index in [1.54, 1.807) is 24.7 Å². The van der Waals surface area contributed by atoms with Gasteiger partial charge in [0.05, 0.1) is 17.4 Å². The van der Waals surface area contributed by atoms with E-state index in [0.717, 1.165) is 33.4 Å². The second-order valence-corrected chi connectivity index (χ2v) is 7.54. The van der Waals surface area contributed by atoms with Crippen LogP contribution in [0.2, 0.25) is 0 Å². The summed E-state index contributed by atoms with van der Waals surface area (Å²) in [5.41, 5.74) is 6.14. The van der Waals surface area contributed by atoms with Crippen molar-refractivity contribution in [1.29, 1.82) is 0 Å². The number of hydrogen-bond acceptors (Lipinski definition) is 5. The van der Waals surface area contributed by atoms with E-state index >= 15 is 0 Å². The fourth-order valence-electron chi connectivity index (χ4n) is 3.61. The molecule has 0 unspecified atom stereocenters. The van der Waals surface area contributed by atoms with Crippen LogP contribution >= 0.6 is 0 Å². The van der Waals surface area contributed by atoms with Gasteiger partial charge in [-0.1, -0.05) is 54.6 Å². The van der Waals surface area contributed by atoms with Gasteiger partial charge in [0.15, 0.2) is 5.75 Å². The van der Waals surface area contributed by atoms with Gasteiger partial charge in [0.25, 0.3) is 0 Å². The number of ether oxygens (including phenoxy) is 1. The lowest BCUT2D eigenvalue weighted by molar-refractivity contribution is -0.386. The molecule has 6 nitrogen and oxygen atoms in total.